The second-order valence-corrected chi connectivity index (χ2v) is 12.3. The smallest absolute Gasteiger partial charge is 0.416 e. The quantitative estimate of drug-likeness (QED) is 0.0549. The minimum atomic E-state index is -4.61. The fraction of sp³-hybridized carbons (Fsp3) is 0.241. The number of alkyl halides is 3. The van der Waals surface area contributed by atoms with Gasteiger partial charge in [-0.05, 0) is 43.3 Å². The van der Waals surface area contributed by atoms with Crippen molar-refractivity contribution in [2.75, 3.05) is 33.2 Å². The van der Waals surface area contributed by atoms with Crippen LogP contribution < -0.4 is 14.8 Å². The van der Waals surface area contributed by atoms with Crippen LogP contribution in [0.15, 0.2) is 48.5 Å². The molecule has 53 heavy (non-hydrogen) atoms. The SMILES string of the molecule is CCOC(=O)COC(=O)c1cc(Oc2ccc(C(F)(F)F)cc2Cl)ccc1[N+](=O)[O-].COc1c(Cl)ccc(Cl)c1C(=O)O.O=C(O)CNCP(=O)(O)O. The van der Waals surface area contributed by atoms with Gasteiger partial charge in [0.2, 0.25) is 0 Å². The average molecular weight is 838 g/mol. The number of rotatable bonds is 13. The standard InChI is InChI=1S/C18H13ClF3NO7.C8H6Cl2O3.C3H8NO5P/c1-2-28-16(24)9-29-17(25)12-8-11(4-5-14(12)23(26)27)30-15-6-3-10(7-13(15)19)18(20,21)22;1-13-7-5(10)3-2-4(9)6(7)8(11)12;5-3(6)1-4-2-10(7,8)9/h3-8H,2,9H2,1H3;2-3H,1H3,(H,11,12);4H,1-2H2,(H,5,6)(H2,7,8,9). The normalized spacial score (nSPS) is 10.8. The lowest BCUT2D eigenvalue weighted by molar-refractivity contribution is -0.385. The van der Waals surface area contributed by atoms with Crippen molar-refractivity contribution in [2.24, 2.45) is 0 Å². The summed E-state index contributed by atoms with van der Waals surface area (Å²) in [5, 5.41) is 30.0. The zero-order valence-corrected chi connectivity index (χ0v) is 30.1. The number of nitro benzene ring substituents is 1. The minimum absolute atomic E-state index is 0.0493. The average Bonchev–Trinajstić information content (AvgIpc) is 3.04. The van der Waals surface area contributed by atoms with Crippen LogP contribution in [0.5, 0.6) is 17.2 Å². The molecule has 290 valence electrons. The highest BCUT2D eigenvalue weighted by atomic mass is 35.5. The number of aromatic carboxylic acids is 1. The van der Waals surface area contributed by atoms with E-state index >= 15 is 0 Å². The van der Waals surface area contributed by atoms with Crippen LogP contribution in [-0.4, -0.2) is 82.0 Å². The zero-order chi connectivity index (χ0) is 40.7. The number of carbonyl (C=O) groups excluding carboxylic acids is 2. The van der Waals surface area contributed by atoms with Gasteiger partial charge in [0, 0.05) is 12.1 Å². The number of carboxylic acids is 2. The van der Waals surface area contributed by atoms with Crippen molar-refractivity contribution in [3.8, 4) is 17.2 Å². The van der Waals surface area contributed by atoms with Crippen molar-refractivity contribution >= 4 is 72.0 Å². The lowest BCUT2D eigenvalue weighted by Gasteiger charge is -2.12. The van der Waals surface area contributed by atoms with E-state index < -0.39 is 78.8 Å². The largest absolute Gasteiger partial charge is 0.494 e. The Kier molecular flexibility index (Phi) is 18.5. The highest BCUT2D eigenvalue weighted by molar-refractivity contribution is 7.51. The number of nitrogens with zero attached hydrogens (tertiary/aromatic N) is 1. The summed E-state index contributed by atoms with van der Waals surface area (Å²) >= 11 is 17.2. The molecule has 17 nitrogen and oxygen atoms in total. The Labute approximate surface area is 311 Å². The van der Waals surface area contributed by atoms with Crippen molar-refractivity contribution in [2.45, 2.75) is 13.1 Å². The Morgan fingerprint density at radius 3 is 2.04 bits per heavy atom. The topological polar surface area (TPSA) is 258 Å². The maximum absolute atomic E-state index is 12.7. The molecule has 0 saturated carbocycles. The van der Waals surface area contributed by atoms with Gasteiger partial charge >= 0.3 is 37.6 Å². The Balaban J connectivity index is 0.000000499. The van der Waals surface area contributed by atoms with Gasteiger partial charge in [0.25, 0.3) is 5.69 Å². The molecule has 0 amide bonds. The van der Waals surface area contributed by atoms with Crippen LogP contribution >= 0.6 is 42.4 Å². The van der Waals surface area contributed by atoms with Gasteiger partial charge in [0.15, 0.2) is 12.4 Å². The number of ether oxygens (including phenoxy) is 4. The number of hydrogen-bond acceptors (Lipinski definition) is 12. The third-order valence-corrected chi connectivity index (χ3v) is 7.11. The molecule has 0 spiro atoms. The third kappa shape index (κ3) is 16.3. The molecule has 0 aliphatic heterocycles. The van der Waals surface area contributed by atoms with E-state index in [-0.39, 0.29) is 44.5 Å². The summed E-state index contributed by atoms with van der Waals surface area (Å²) < 4.78 is 67.7. The van der Waals surface area contributed by atoms with Crippen LogP contribution in [0.3, 0.4) is 0 Å². The van der Waals surface area contributed by atoms with E-state index in [4.69, 9.17) is 69.0 Å². The molecule has 3 rings (SSSR count). The van der Waals surface area contributed by atoms with E-state index in [1.165, 1.54) is 26.2 Å². The van der Waals surface area contributed by atoms with E-state index in [0.29, 0.717) is 6.07 Å². The molecule has 3 aromatic carbocycles. The van der Waals surface area contributed by atoms with Crippen LogP contribution in [0.2, 0.25) is 15.1 Å². The molecule has 0 fully saturated rings. The maximum atomic E-state index is 12.7. The van der Waals surface area contributed by atoms with E-state index in [1.54, 1.807) is 0 Å². The Morgan fingerprint density at radius 2 is 1.57 bits per heavy atom. The first-order chi connectivity index (χ1) is 24.5. The number of esters is 2. The molecule has 3 aromatic rings. The van der Waals surface area contributed by atoms with Gasteiger partial charge in [-0.3, -0.25) is 24.8 Å². The first kappa shape index (κ1) is 46.3. The second kappa shape index (κ2) is 21.1. The monoisotopic (exact) mass is 836 g/mol. The molecule has 24 heteroatoms. The second-order valence-electron chi connectivity index (χ2n) is 9.45. The summed E-state index contributed by atoms with van der Waals surface area (Å²) in [6.07, 6.45) is -5.20. The van der Waals surface area contributed by atoms with Crippen LogP contribution in [-0.2, 0) is 29.8 Å². The van der Waals surface area contributed by atoms with Gasteiger partial charge in [-0.25, -0.2) is 14.4 Å². The molecule has 0 aliphatic carbocycles. The lowest BCUT2D eigenvalue weighted by Crippen LogP contribution is -2.23. The van der Waals surface area contributed by atoms with Gasteiger partial charge in [0.1, 0.15) is 22.6 Å². The molecule has 0 bridgehead atoms. The molecule has 0 aliphatic rings. The number of halogens is 6. The van der Waals surface area contributed by atoms with Crippen LogP contribution in [0, 0.1) is 10.1 Å². The van der Waals surface area contributed by atoms with Crippen LogP contribution in [0.1, 0.15) is 33.2 Å². The number of hydrogen-bond donors (Lipinski definition) is 5. The number of benzene rings is 3. The van der Waals surface area contributed by atoms with E-state index in [0.717, 1.165) is 30.3 Å². The van der Waals surface area contributed by atoms with Crippen molar-refractivity contribution < 1.29 is 80.8 Å². The van der Waals surface area contributed by atoms with Gasteiger partial charge < -0.3 is 38.9 Å². The Bertz CT molecular complexity index is 1860. The first-order valence-corrected chi connectivity index (χ1v) is 16.8. The summed E-state index contributed by atoms with van der Waals surface area (Å²) in [5.74, 6) is -4.58. The lowest BCUT2D eigenvalue weighted by atomic mass is 10.1. The number of methoxy groups -OCH3 is 1. The summed E-state index contributed by atoms with van der Waals surface area (Å²) in [5.41, 5.74) is -2.27. The van der Waals surface area contributed by atoms with Gasteiger partial charge in [0.05, 0.1) is 52.1 Å². The van der Waals surface area contributed by atoms with Crippen molar-refractivity contribution in [3.05, 3.63) is 90.4 Å². The molecular weight excluding hydrogens is 811 g/mol. The zero-order valence-electron chi connectivity index (χ0n) is 26.9. The number of carbonyl (C=O) groups is 4. The van der Waals surface area contributed by atoms with Crippen molar-refractivity contribution in [3.63, 3.8) is 0 Å². The third-order valence-electron chi connectivity index (χ3n) is 5.57. The predicted molar refractivity (Wildman–Crippen MR) is 179 cm³/mol. The van der Waals surface area contributed by atoms with Gasteiger partial charge in [-0.15, -0.1) is 0 Å². The fourth-order valence-electron chi connectivity index (χ4n) is 3.43. The maximum Gasteiger partial charge on any atom is 0.416 e. The number of aliphatic carboxylic acids is 1. The highest BCUT2D eigenvalue weighted by Gasteiger charge is 2.31. The molecule has 0 saturated heterocycles. The molecule has 0 unspecified atom stereocenters. The summed E-state index contributed by atoms with van der Waals surface area (Å²) in [7, 11) is -2.76. The van der Waals surface area contributed by atoms with Gasteiger partial charge in [-0.2, -0.15) is 13.2 Å². The number of nitro groups is 1. The Morgan fingerprint density at radius 1 is 0.943 bits per heavy atom. The molecule has 0 atom stereocenters. The summed E-state index contributed by atoms with van der Waals surface area (Å²) in [6.45, 7) is 0.385. The Hall–Kier alpha value is -4.69. The number of carboxylic acid groups (broad SMARTS) is 2. The van der Waals surface area contributed by atoms with E-state index in [1.807, 2.05) is 0 Å². The predicted octanol–water partition coefficient (Wildman–Crippen LogP) is 6.28. The van der Waals surface area contributed by atoms with Crippen molar-refractivity contribution in [1.82, 2.24) is 5.32 Å². The highest BCUT2D eigenvalue weighted by Crippen LogP contribution is 2.37. The summed E-state index contributed by atoms with van der Waals surface area (Å²) in [6, 6.07) is 8.25. The first-order valence-electron chi connectivity index (χ1n) is 13.9. The molecule has 5 N–H and O–H groups in total. The molecule has 0 aromatic heterocycles. The molecule has 0 heterocycles. The minimum Gasteiger partial charge on any atom is -0.494 e. The molecular formula is C29H27Cl3F3N2O15P. The fourth-order valence-corrected chi connectivity index (χ4v) is 4.52. The van der Waals surface area contributed by atoms with Gasteiger partial charge in [-0.1, -0.05) is 34.8 Å². The van der Waals surface area contributed by atoms with Crippen LogP contribution in [0.25, 0.3) is 0 Å². The number of nitrogens with one attached hydrogen (secondary N) is 1. The van der Waals surface area contributed by atoms with E-state index in [9.17, 15) is 47.0 Å². The molecule has 0 radical (unpaired) electrons. The van der Waals surface area contributed by atoms with E-state index in [2.05, 4.69) is 10.1 Å². The summed E-state index contributed by atoms with van der Waals surface area (Å²) in [4.78, 5) is 70.6. The van der Waals surface area contributed by atoms with Crippen LogP contribution in [0.4, 0.5) is 18.9 Å². The van der Waals surface area contributed by atoms with Crippen molar-refractivity contribution in [1.29, 1.82) is 0 Å².